The number of hydrogen-bond acceptors (Lipinski definition) is 13. The third-order valence-corrected chi connectivity index (χ3v) is 10.9. The number of hydrogen-bond donors (Lipinski definition) is 3. The summed E-state index contributed by atoms with van der Waals surface area (Å²) in [5, 5.41) is 5.75. The van der Waals surface area contributed by atoms with Crippen LogP contribution < -0.4 is 21.1 Å². The van der Waals surface area contributed by atoms with Crippen LogP contribution in [0.2, 0.25) is 0 Å². The quantitative estimate of drug-likeness (QED) is 0.0369. The number of unbranched alkanes of at least 4 members (excludes halogenated alkanes) is 3. The fraction of sp³-hybridized carbons (Fsp3) is 0.551. The van der Waals surface area contributed by atoms with Gasteiger partial charge in [0.25, 0.3) is 11.5 Å². The maximum Gasteiger partial charge on any atom is 0.328 e. The molecule has 16 nitrogen and oxygen atoms in total. The Labute approximate surface area is 381 Å². The first kappa shape index (κ1) is 51.4. The smallest absolute Gasteiger partial charge is 0.328 e. The number of amides is 2. The largest absolute Gasteiger partial charge is 0.466 e. The van der Waals surface area contributed by atoms with Gasteiger partial charge >= 0.3 is 23.9 Å². The monoisotopic (exact) mass is 899 g/mol. The molecule has 0 saturated carbocycles. The van der Waals surface area contributed by atoms with Crippen LogP contribution in [-0.2, 0) is 55.9 Å². The zero-order valence-electron chi connectivity index (χ0n) is 38.7. The van der Waals surface area contributed by atoms with Crippen LogP contribution in [0.3, 0.4) is 0 Å². The zero-order chi connectivity index (χ0) is 47.5. The molecular weight excluding hydrogens is 835 g/mol. The molecule has 2 aromatic carbocycles. The van der Waals surface area contributed by atoms with Crippen molar-refractivity contribution in [2.75, 3.05) is 31.3 Å². The van der Waals surface area contributed by atoms with Crippen molar-refractivity contribution >= 4 is 52.3 Å². The fourth-order valence-electron chi connectivity index (χ4n) is 7.08. The summed E-state index contributed by atoms with van der Waals surface area (Å²) in [5.74, 6) is -0.455. The van der Waals surface area contributed by atoms with Gasteiger partial charge < -0.3 is 39.5 Å². The molecular formula is C49H65N5O11. The highest BCUT2D eigenvalue weighted by Gasteiger charge is 2.31. The van der Waals surface area contributed by atoms with E-state index in [9.17, 15) is 33.6 Å². The number of fused-ring (bicyclic) bond motifs is 2. The first-order chi connectivity index (χ1) is 31.1. The number of ether oxygens (including phenoxy) is 4. The molecule has 352 valence electrons. The lowest BCUT2D eigenvalue weighted by Gasteiger charge is -2.30. The van der Waals surface area contributed by atoms with Gasteiger partial charge in [0.2, 0.25) is 5.91 Å². The highest BCUT2D eigenvalue weighted by atomic mass is 16.5. The number of aromatic nitrogens is 2. The van der Waals surface area contributed by atoms with E-state index in [-0.39, 0.29) is 81.6 Å². The molecule has 0 spiro atoms. The third-order valence-electron chi connectivity index (χ3n) is 10.9. The number of H-pyrrole nitrogens is 1. The molecule has 2 amide bonds. The zero-order valence-corrected chi connectivity index (χ0v) is 38.7. The Kier molecular flexibility index (Phi) is 20.0. The van der Waals surface area contributed by atoms with Crippen molar-refractivity contribution in [1.29, 1.82) is 0 Å². The predicted molar refractivity (Wildman–Crippen MR) is 245 cm³/mol. The Balaban J connectivity index is 1.46. The fourth-order valence-corrected chi connectivity index (χ4v) is 7.08. The van der Waals surface area contributed by atoms with Crippen molar-refractivity contribution in [2.45, 2.75) is 143 Å². The second-order valence-corrected chi connectivity index (χ2v) is 17.2. The number of rotatable bonds is 25. The molecule has 1 aliphatic rings. The molecule has 0 bridgehead atoms. The van der Waals surface area contributed by atoms with Crippen molar-refractivity contribution in [2.24, 2.45) is 5.41 Å². The van der Waals surface area contributed by atoms with Crippen molar-refractivity contribution in [3.05, 3.63) is 69.3 Å². The number of anilines is 1. The number of esters is 4. The standard InChI is InChI=1S/C49H65N5O11/c1-8-12-26-62-43(56)24-21-37(46(59)63-27-13-9-2)51-42(55)23-20-38(47(60)64-28-14-10-3)52-44(57)32-15-18-34(19-16-32)54(25-11-4)40-22-17-33-29-39-36(30-35(33)40)45(58)53-41(50-39)31-65-48(61)49(5,6)7/h4,15-16,18-19,29-30,37-38,40H,8-10,12-14,17,20-28,31H2,1-3,5-7H3,(H,51,55)(H,52,57)(H,50,53,58)/t37-,38+,40?/m1/s1. The Morgan fingerprint density at radius 2 is 1.45 bits per heavy atom. The van der Waals surface area contributed by atoms with Crippen LogP contribution in [0.1, 0.15) is 146 Å². The van der Waals surface area contributed by atoms with Gasteiger partial charge in [0.1, 0.15) is 24.5 Å². The minimum Gasteiger partial charge on any atom is -0.466 e. The molecule has 3 N–H and O–H groups in total. The predicted octanol–water partition coefficient (Wildman–Crippen LogP) is 6.31. The lowest BCUT2D eigenvalue weighted by Crippen LogP contribution is -2.45. The van der Waals surface area contributed by atoms with E-state index >= 15 is 0 Å². The van der Waals surface area contributed by atoms with E-state index in [2.05, 4.69) is 26.5 Å². The molecule has 0 saturated heterocycles. The molecule has 3 aromatic rings. The molecule has 0 radical (unpaired) electrons. The number of carbonyl (C=O) groups is 6. The van der Waals surface area contributed by atoms with Gasteiger partial charge in [-0.15, -0.1) is 6.42 Å². The van der Waals surface area contributed by atoms with Gasteiger partial charge in [-0.25, -0.2) is 14.6 Å². The number of aryl methyl sites for hydroxylation is 1. The van der Waals surface area contributed by atoms with Crippen molar-refractivity contribution in [1.82, 2.24) is 20.6 Å². The Hall–Kier alpha value is -6.24. The highest BCUT2D eigenvalue weighted by Crippen LogP contribution is 2.39. The van der Waals surface area contributed by atoms with Crippen LogP contribution in [0.25, 0.3) is 10.9 Å². The molecule has 1 heterocycles. The van der Waals surface area contributed by atoms with E-state index < -0.39 is 53.2 Å². The van der Waals surface area contributed by atoms with Gasteiger partial charge in [-0.3, -0.25) is 24.0 Å². The van der Waals surface area contributed by atoms with Crippen molar-refractivity contribution in [3.63, 3.8) is 0 Å². The SMILES string of the molecule is C#CCN(c1ccc(C(=O)N[C@@H](CCC(=O)N[C@H](CCC(=O)OCCCC)C(=O)OCCCC)C(=O)OCCCC)cc1)C1CCc2cc3nc(COC(=O)C(C)(C)C)[nH]c(=O)c3cc21. The van der Waals surface area contributed by atoms with E-state index in [1.54, 1.807) is 45.0 Å². The lowest BCUT2D eigenvalue weighted by molar-refractivity contribution is -0.154. The number of carbonyl (C=O) groups excluding carboxylic acids is 6. The summed E-state index contributed by atoms with van der Waals surface area (Å²) in [6, 6.07) is 7.96. The molecule has 0 aliphatic heterocycles. The summed E-state index contributed by atoms with van der Waals surface area (Å²) in [4.78, 5) is 100. The number of nitrogens with zero attached hydrogens (tertiary/aromatic N) is 2. The molecule has 65 heavy (non-hydrogen) atoms. The van der Waals surface area contributed by atoms with Crippen molar-refractivity contribution < 1.29 is 47.7 Å². The second-order valence-electron chi connectivity index (χ2n) is 17.2. The van der Waals surface area contributed by atoms with Crippen molar-refractivity contribution in [3.8, 4) is 12.3 Å². The highest BCUT2D eigenvalue weighted by molar-refractivity contribution is 5.97. The molecule has 1 aliphatic carbocycles. The van der Waals surface area contributed by atoms with Gasteiger partial charge in [-0.2, -0.15) is 0 Å². The average molecular weight is 900 g/mol. The summed E-state index contributed by atoms with van der Waals surface area (Å²) < 4.78 is 21.4. The first-order valence-electron chi connectivity index (χ1n) is 22.7. The van der Waals surface area contributed by atoms with Gasteiger partial charge in [-0.1, -0.05) is 46.0 Å². The Morgan fingerprint density at radius 1 is 0.846 bits per heavy atom. The number of terminal acetylenes is 1. The van der Waals surface area contributed by atoms with Gasteiger partial charge in [0.05, 0.1) is 48.7 Å². The van der Waals surface area contributed by atoms with Gasteiger partial charge in [0.15, 0.2) is 0 Å². The lowest BCUT2D eigenvalue weighted by atomic mass is 9.97. The maximum absolute atomic E-state index is 13.7. The van der Waals surface area contributed by atoms with Crippen LogP contribution >= 0.6 is 0 Å². The van der Waals surface area contributed by atoms with Crippen LogP contribution in [0.4, 0.5) is 5.69 Å². The van der Waals surface area contributed by atoms with Crippen LogP contribution in [0.15, 0.2) is 41.2 Å². The average Bonchev–Trinajstić information content (AvgIpc) is 3.69. The third kappa shape index (κ3) is 15.5. The topological polar surface area (TPSA) is 212 Å². The first-order valence-corrected chi connectivity index (χ1v) is 22.7. The summed E-state index contributed by atoms with van der Waals surface area (Å²) in [5.41, 5.74) is 2.33. The summed E-state index contributed by atoms with van der Waals surface area (Å²) >= 11 is 0. The minimum absolute atomic E-state index is 0.0307. The van der Waals surface area contributed by atoms with Crippen LogP contribution in [0.5, 0.6) is 0 Å². The number of benzene rings is 2. The van der Waals surface area contributed by atoms with E-state index in [0.717, 1.165) is 36.1 Å². The summed E-state index contributed by atoms with van der Waals surface area (Å²) in [6.07, 6.45) is 11.1. The number of aromatic amines is 1. The number of nitrogens with one attached hydrogen (secondary N) is 3. The molecule has 1 unspecified atom stereocenters. The van der Waals surface area contributed by atoms with Gasteiger partial charge in [-0.05, 0) is 113 Å². The second kappa shape index (κ2) is 25.3. The molecule has 16 heteroatoms. The molecule has 1 aromatic heterocycles. The molecule has 0 fully saturated rings. The van der Waals surface area contributed by atoms with Crippen LogP contribution in [-0.4, -0.2) is 84.1 Å². The normalized spacial score (nSPS) is 14.0. The molecule has 3 atom stereocenters. The van der Waals surface area contributed by atoms with Crippen LogP contribution in [0, 0.1) is 17.8 Å². The van der Waals surface area contributed by atoms with E-state index in [1.165, 1.54) is 0 Å². The van der Waals surface area contributed by atoms with E-state index in [4.69, 9.17) is 25.4 Å². The Bertz CT molecular complexity index is 2220. The minimum atomic E-state index is -1.19. The summed E-state index contributed by atoms with van der Waals surface area (Å²) in [7, 11) is 0. The van der Waals surface area contributed by atoms with E-state index in [0.29, 0.717) is 43.0 Å². The Morgan fingerprint density at radius 3 is 2.05 bits per heavy atom. The maximum atomic E-state index is 13.7. The van der Waals surface area contributed by atoms with Gasteiger partial charge in [0, 0.05) is 24.1 Å². The summed E-state index contributed by atoms with van der Waals surface area (Å²) in [6.45, 7) is 11.7. The molecule has 4 rings (SSSR count). The van der Waals surface area contributed by atoms with E-state index in [1.807, 2.05) is 37.8 Å².